The molecule has 0 N–H and O–H groups in total. The van der Waals surface area contributed by atoms with E-state index < -0.39 is 0 Å². The fourth-order valence-corrected chi connectivity index (χ4v) is 4.18. The van der Waals surface area contributed by atoms with Gasteiger partial charge < -0.3 is 19.1 Å². The highest BCUT2D eigenvalue weighted by molar-refractivity contribution is 5.72. The lowest BCUT2D eigenvalue weighted by molar-refractivity contribution is 0.249. The normalized spacial score (nSPS) is 27.8. The van der Waals surface area contributed by atoms with E-state index in [0.717, 1.165) is 49.2 Å². The third kappa shape index (κ3) is 2.36. The molecule has 2 aromatic heterocycles. The van der Waals surface area contributed by atoms with E-state index >= 15 is 0 Å². The maximum absolute atomic E-state index is 6.05. The van der Waals surface area contributed by atoms with Crippen LogP contribution >= 0.6 is 0 Å². The van der Waals surface area contributed by atoms with Crippen molar-refractivity contribution in [3.8, 4) is 0 Å². The first-order valence-electron chi connectivity index (χ1n) is 8.88. The van der Waals surface area contributed by atoms with Crippen molar-refractivity contribution in [2.75, 3.05) is 49.1 Å². The quantitative estimate of drug-likeness (QED) is 0.846. The van der Waals surface area contributed by atoms with Crippen molar-refractivity contribution in [1.29, 1.82) is 0 Å². The first kappa shape index (κ1) is 13.6. The number of nitrogens with zero attached hydrogens (tertiary/aromatic N) is 5. The van der Waals surface area contributed by atoms with Crippen LogP contribution in [0.25, 0.3) is 11.2 Å². The second-order valence-corrected chi connectivity index (χ2v) is 6.95. The lowest BCUT2D eigenvalue weighted by Gasteiger charge is -2.30. The predicted octanol–water partition coefficient (Wildman–Crippen LogP) is 2.11. The second kappa shape index (κ2) is 5.37. The molecule has 0 radical (unpaired) electrons. The highest BCUT2D eigenvalue weighted by Gasteiger charge is 2.31. The third-order valence-electron chi connectivity index (χ3n) is 5.56. The van der Waals surface area contributed by atoms with Gasteiger partial charge in [0.05, 0.1) is 0 Å². The molecule has 0 atom stereocenters. The molecule has 0 spiro atoms. The molecule has 6 heterocycles. The number of fused-ring (bicyclic) bond motifs is 5. The number of hydrogen-bond acceptors (Lipinski definition) is 6. The molecule has 122 valence electrons. The van der Waals surface area contributed by atoms with Crippen molar-refractivity contribution >= 4 is 23.1 Å². The molecule has 2 bridgehead atoms. The molecule has 4 saturated heterocycles. The van der Waals surface area contributed by atoms with Gasteiger partial charge in [0.25, 0.3) is 6.01 Å². The van der Waals surface area contributed by atoms with Gasteiger partial charge in [-0.2, -0.15) is 4.98 Å². The van der Waals surface area contributed by atoms with Gasteiger partial charge in [0.1, 0.15) is 5.82 Å². The van der Waals surface area contributed by atoms with Crippen molar-refractivity contribution in [2.45, 2.75) is 31.7 Å². The van der Waals surface area contributed by atoms with E-state index in [1.54, 1.807) is 0 Å². The Kier molecular flexibility index (Phi) is 3.18. The Bertz CT molecular complexity index is 700. The summed E-state index contributed by atoms with van der Waals surface area (Å²) in [7, 11) is 0. The number of piperidine rings is 1. The summed E-state index contributed by atoms with van der Waals surface area (Å²) in [5, 5.41) is 0. The van der Waals surface area contributed by atoms with E-state index in [-0.39, 0.29) is 0 Å². The zero-order valence-electron chi connectivity index (χ0n) is 13.4. The summed E-state index contributed by atoms with van der Waals surface area (Å²) in [4.78, 5) is 16.7. The van der Waals surface area contributed by atoms with Crippen LogP contribution in [0.4, 0.5) is 11.8 Å². The minimum Gasteiger partial charge on any atom is -0.422 e. The average Bonchev–Trinajstić information content (AvgIpc) is 3.17. The summed E-state index contributed by atoms with van der Waals surface area (Å²) in [6.45, 7) is 6.75. The van der Waals surface area contributed by atoms with Gasteiger partial charge in [-0.25, -0.2) is 4.98 Å². The minimum atomic E-state index is 0.569. The van der Waals surface area contributed by atoms with Gasteiger partial charge in [-0.15, -0.1) is 0 Å². The smallest absolute Gasteiger partial charge is 0.300 e. The summed E-state index contributed by atoms with van der Waals surface area (Å²) >= 11 is 0. The van der Waals surface area contributed by atoms with Crippen molar-refractivity contribution in [2.24, 2.45) is 0 Å². The Morgan fingerprint density at radius 1 is 0.913 bits per heavy atom. The molecule has 23 heavy (non-hydrogen) atoms. The standard InChI is InChI=1S/C17H23N5O/c1-2-8-21(7-1)15-4-3-14-16(18-15)19-17(23-14)22-12-11-20-9-5-13(22)6-10-20/h3-4,13H,1-2,5-12H2. The van der Waals surface area contributed by atoms with E-state index in [1.807, 2.05) is 6.07 Å². The molecule has 0 saturated carbocycles. The molecular weight excluding hydrogens is 290 g/mol. The number of oxazole rings is 1. The average molecular weight is 313 g/mol. The first-order chi connectivity index (χ1) is 11.4. The van der Waals surface area contributed by atoms with Crippen LogP contribution in [0.1, 0.15) is 25.7 Å². The largest absolute Gasteiger partial charge is 0.422 e. The van der Waals surface area contributed by atoms with Gasteiger partial charge in [-0.3, -0.25) is 0 Å². The number of aromatic nitrogens is 2. The molecule has 6 nitrogen and oxygen atoms in total. The van der Waals surface area contributed by atoms with E-state index in [9.17, 15) is 0 Å². The lowest BCUT2D eigenvalue weighted by atomic mass is 10.1. The number of hydrogen-bond donors (Lipinski definition) is 0. The highest BCUT2D eigenvalue weighted by atomic mass is 16.4. The number of pyridine rings is 1. The van der Waals surface area contributed by atoms with Crippen LogP contribution in [-0.4, -0.2) is 60.2 Å². The Hall–Kier alpha value is -1.82. The zero-order chi connectivity index (χ0) is 15.2. The SMILES string of the molecule is c1cc2oc(N3CCN4CCC3CC4)nc2nc1N1CCCC1. The molecular formula is C17H23N5O. The number of rotatable bonds is 2. The van der Waals surface area contributed by atoms with E-state index in [4.69, 9.17) is 14.4 Å². The van der Waals surface area contributed by atoms with Crippen LogP contribution in [-0.2, 0) is 0 Å². The van der Waals surface area contributed by atoms with E-state index in [1.165, 1.54) is 38.8 Å². The van der Waals surface area contributed by atoms with E-state index in [2.05, 4.69) is 20.8 Å². The monoisotopic (exact) mass is 313 g/mol. The lowest BCUT2D eigenvalue weighted by Crippen LogP contribution is -2.38. The van der Waals surface area contributed by atoms with Gasteiger partial charge >= 0.3 is 0 Å². The fourth-order valence-electron chi connectivity index (χ4n) is 4.18. The summed E-state index contributed by atoms with van der Waals surface area (Å²) in [6, 6.07) is 5.44. The first-order valence-corrected chi connectivity index (χ1v) is 8.88. The van der Waals surface area contributed by atoms with E-state index in [0.29, 0.717) is 6.04 Å². The second-order valence-electron chi connectivity index (χ2n) is 6.95. The van der Waals surface area contributed by atoms with Crippen molar-refractivity contribution in [3.05, 3.63) is 12.1 Å². The van der Waals surface area contributed by atoms with Crippen LogP contribution in [0, 0.1) is 0 Å². The van der Waals surface area contributed by atoms with Gasteiger partial charge in [0, 0.05) is 45.3 Å². The third-order valence-corrected chi connectivity index (χ3v) is 5.56. The van der Waals surface area contributed by atoms with Crippen molar-refractivity contribution in [1.82, 2.24) is 14.9 Å². The van der Waals surface area contributed by atoms with Gasteiger partial charge in [0.2, 0.25) is 5.65 Å². The highest BCUT2D eigenvalue weighted by Crippen LogP contribution is 2.29. The molecule has 4 aliphatic heterocycles. The Morgan fingerprint density at radius 2 is 1.74 bits per heavy atom. The molecule has 6 rings (SSSR count). The van der Waals surface area contributed by atoms with Crippen LogP contribution in [0.2, 0.25) is 0 Å². The molecule has 0 aromatic carbocycles. The maximum atomic E-state index is 6.05. The molecule has 4 aliphatic rings. The molecule has 2 aromatic rings. The van der Waals surface area contributed by atoms with Crippen LogP contribution in [0.5, 0.6) is 0 Å². The Morgan fingerprint density at radius 3 is 2.57 bits per heavy atom. The molecule has 0 aliphatic carbocycles. The summed E-state index contributed by atoms with van der Waals surface area (Å²) in [6.07, 6.45) is 4.95. The molecule has 4 fully saturated rings. The van der Waals surface area contributed by atoms with Crippen LogP contribution < -0.4 is 9.80 Å². The maximum Gasteiger partial charge on any atom is 0.300 e. The minimum absolute atomic E-state index is 0.569. The van der Waals surface area contributed by atoms with Crippen LogP contribution in [0.15, 0.2) is 16.5 Å². The Labute approximate surface area is 136 Å². The molecule has 6 heteroatoms. The number of anilines is 2. The predicted molar refractivity (Wildman–Crippen MR) is 90.1 cm³/mol. The summed E-state index contributed by atoms with van der Waals surface area (Å²) < 4.78 is 6.05. The van der Waals surface area contributed by atoms with Gasteiger partial charge in [-0.05, 0) is 37.8 Å². The summed E-state index contributed by atoms with van der Waals surface area (Å²) in [5.41, 5.74) is 1.56. The molecule has 0 unspecified atom stereocenters. The van der Waals surface area contributed by atoms with Crippen molar-refractivity contribution in [3.63, 3.8) is 0 Å². The van der Waals surface area contributed by atoms with Crippen molar-refractivity contribution < 1.29 is 4.42 Å². The topological polar surface area (TPSA) is 48.6 Å². The van der Waals surface area contributed by atoms with Gasteiger partial charge in [-0.1, -0.05) is 0 Å². The van der Waals surface area contributed by atoms with Gasteiger partial charge in [0.15, 0.2) is 5.58 Å². The molecule has 0 amide bonds. The Balaban J connectivity index is 1.47. The van der Waals surface area contributed by atoms with Crippen LogP contribution in [0.3, 0.4) is 0 Å². The summed E-state index contributed by atoms with van der Waals surface area (Å²) in [5.74, 6) is 1.04. The zero-order valence-corrected chi connectivity index (χ0v) is 13.4. The fraction of sp³-hybridized carbons (Fsp3) is 0.647.